The normalized spacial score (nSPS) is 21.0. The quantitative estimate of drug-likeness (QED) is 0.685. The Hall–Kier alpha value is -1.03. The largest absolute Gasteiger partial charge is 0.416 e. The van der Waals surface area contributed by atoms with Gasteiger partial charge in [0.1, 0.15) is 0 Å². The summed E-state index contributed by atoms with van der Waals surface area (Å²) in [6.07, 6.45) is -3.83. The Morgan fingerprint density at radius 1 is 1.29 bits per heavy atom. The van der Waals surface area contributed by atoms with Gasteiger partial charge in [-0.1, -0.05) is 6.07 Å². The Balaban J connectivity index is 2.42. The fraction of sp³-hybridized carbons (Fsp3) is 0.400. The summed E-state index contributed by atoms with van der Waals surface area (Å²) < 4.78 is 36.9. The molecule has 2 rings (SSSR count). The molecule has 0 unspecified atom stereocenters. The molecular formula is C10H9F3O. The van der Waals surface area contributed by atoms with Crippen LogP contribution >= 0.6 is 0 Å². The van der Waals surface area contributed by atoms with Crippen LogP contribution in [0.25, 0.3) is 0 Å². The van der Waals surface area contributed by atoms with Crippen molar-refractivity contribution < 1.29 is 18.3 Å². The zero-order valence-corrected chi connectivity index (χ0v) is 7.30. The van der Waals surface area contributed by atoms with Crippen LogP contribution < -0.4 is 0 Å². The van der Waals surface area contributed by atoms with E-state index in [-0.39, 0.29) is 0 Å². The first-order chi connectivity index (χ1) is 6.48. The van der Waals surface area contributed by atoms with Crippen molar-refractivity contribution in [3.8, 4) is 0 Å². The lowest BCUT2D eigenvalue weighted by molar-refractivity contribution is -0.137. The number of fused-ring (bicyclic) bond motifs is 1. The molecule has 0 aromatic heterocycles. The molecule has 0 radical (unpaired) electrons. The van der Waals surface area contributed by atoms with Gasteiger partial charge in [0.2, 0.25) is 0 Å². The summed E-state index contributed by atoms with van der Waals surface area (Å²) in [6.45, 7) is 0. The summed E-state index contributed by atoms with van der Waals surface area (Å²) in [5, 5.41) is 9.39. The molecule has 4 heteroatoms. The third-order valence-corrected chi connectivity index (χ3v) is 2.52. The highest BCUT2D eigenvalue weighted by atomic mass is 19.4. The van der Waals surface area contributed by atoms with Gasteiger partial charge in [0, 0.05) is 0 Å². The smallest absolute Gasteiger partial charge is 0.388 e. The maximum atomic E-state index is 12.3. The Kier molecular flexibility index (Phi) is 2.03. The first-order valence-corrected chi connectivity index (χ1v) is 4.36. The standard InChI is InChI=1S/C10H9F3O/c11-10(12,13)7-2-3-8-6(5-7)1-4-9(8)14/h2-3,5,9,14H,1,4H2/t9-/m0/s1. The van der Waals surface area contributed by atoms with Gasteiger partial charge >= 0.3 is 6.18 Å². The van der Waals surface area contributed by atoms with Crippen LogP contribution in [0.1, 0.15) is 29.2 Å². The zero-order valence-electron chi connectivity index (χ0n) is 7.30. The topological polar surface area (TPSA) is 20.2 Å². The molecule has 1 aromatic rings. The number of hydrogen-bond acceptors (Lipinski definition) is 1. The molecule has 0 heterocycles. The summed E-state index contributed by atoms with van der Waals surface area (Å²) in [6, 6.07) is 3.52. The number of rotatable bonds is 0. The molecule has 0 spiro atoms. The molecule has 0 saturated carbocycles. The monoisotopic (exact) mass is 202 g/mol. The average Bonchev–Trinajstić information content (AvgIpc) is 2.46. The minimum atomic E-state index is -4.29. The highest BCUT2D eigenvalue weighted by Crippen LogP contribution is 2.36. The van der Waals surface area contributed by atoms with Gasteiger partial charge in [-0.25, -0.2) is 0 Å². The predicted octanol–water partition coefficient (Wildman–Crippen LogP) is 2.69. The lowest BCUT2D eigenvalue weighted by atomic mass is 10.1. The number of benzene rings is 1. The van der Waals surface area contributed by atoms with Crippen LogP contribution in [0.4, 0.5) is 13.2 Å². The Morgan fingerprint density at radius 2 is 2.00 bits per heavy atom. The summed E-state index contributed by atoms with van der Waals surface area (Å²) in [5.41, 5.74) is 0.621. The van der Waals surface area contributed by atoms with Gasteiger partial charge in [-0.15, -0.1) is 0 Å². The zero-order chi connectivity index (χ0) is 10.3. The van der Waals surface area contributed by atoms with Crippen LogP contribution in [0.3, 0.4) is 0 Å². The van der Waals surface area contributed by atoms with E-state index in [0.717, 1.165) is 12.1 Å². The van der Waals surface area contributed by atoms with Gasteiger partial charge in [0.25, 0.3) is 0 Å². The van der Waals surface area contributed by atoms with Crippen LogP contribution in [0.15, 0.2) is 18.2 Å². The van der Waals surface area contributed by atoms with E-state index in [0.29, 0.717) is 24.0 Å². The predicted molar refractivity (Wildman–Crippen MR) is 44.7 cm³/mol. The highest BCUT2D eigenvalue weighted by Gasteiger charge is 2.32. The van der Waals surface area contributed by atoms with Gasteiger partial charge in [0.05, 0.1) is 11.7 Å². The lowest BCUT2D eigenvalue weighted by Gasteiger charge is -2.09. The second-order valence-corrected chi connectivity index (χ2v) is 3.47. The molecule has 0 saturated heterocycles. The molecule has 1 aromatic carbocycles. The van der Waals surface area contributed by atoms with Gasteiger partial charge in [-0.3, -0.25) is 0 Å². The van der Waals surface area contributed by atoms with E-state index in [4.69, 9.17) is 0 Å². The Morgan fingerprint density at radius 3 is 2.64 bits per heavy atom. The second-order valence-electron chi connectivity index (χ2n) is 3.47. The fourth-order valence-electron chi connectivity index (χ4n) is 1.77. The number of hydrogen-bond donors (Lipinski definition) is 1. The first kappa shape index (κ1) is 9.52. The minimum absolute atomic E-state index is 0.524. The van der Waals surface area contributed by atoms with Crippen molar-refractivity contribution in [2.45, 2.75) is 25.1 Å². The molecular weight excluding hydrogens is 193 g/mol. The van der Waals surface area contributed by atoms with E-state index >= 15 is 0 Å². The average molecular weight is 202 g/mol. The van der Waals surface area contributed by atoms with Crippen molar-refractivity contribution in [3.05, 3.63) is 34.9 Å². The number of aliphatic hydroxyl groups excluding tert-OH is 1. The lowest BCUT2D eigenvalue weighted by Crippen LogP contribution is -2.05. The molecule has 0 fully saturated rings. The van der Waals surface area contributed by atoms with Crippen molar-refractivity contribution in [2.75, 3.05) is 0 Å². The number of aryl methyl sites for hydroxylation is 1. The summed E-state index contributed by atoms with van der Waals surface area (Å²) >= 11 is 0. The molecule has 0 amide bonds. The van der Waals surface area contributed by atoms with E-state index in [1.165, 1.54) is 6.07 Å². The minimum Gasteiger partial charge on any atom is -0.388 e. The van der Waals surface area contributed by atoms with Gasteiger partial charge < -0.3 is 5.11 Å². The second kappa shape index (κ2) is 2.98. The Labute approximate surface area is 79.2 Å². The van der Waals surface area contributed by atoms with E-state index < -0.39 is 17.8 Å². The number of aliphatic hydroxyl groups is 1. The van der Waals surface area contributed by atoms with Crippen LogP contribution in [0, 0.1) is 0 Å². The SMILES string of the molecule is O[C@H]1CCc2cc(C(F)(F)F)ccc21. The molecule has 0 aliphatic heterocycles. The first-order valence-electron chi connectivity index (χ1n) is 4.36. The molecule has 1 aliphatic carbocycles. The van der Waals surface area contributed by atoms with Crippen LogP contribution in [-0.4, -0.2) is 5.11 Å². The van der Waals surface area contributed by atoms with Gasteiger partial charge in [0.15, 0.2) is 0 Å². The van der Waals surface area contributed by atoms with Gasteiger partial charge in [-0.05, 0) is 36.1 Å². The van der Waals surface area contributed by atoms with Gasteiger partial charge in [-0.2, -0.15) is 13.2 Å². The molecule has 1 aliphatic rings. The fourth-order valence-corrected chi connectivity index (χ4v) is 1.77. The van der Waals surface area contributed by atoms with Crippen LogP contribution in [0.5, 0.6) is 0 Å². The van der Waals surface area contributed by atoms with E-state index in [1.54, 1.807) is 0 Å². The number of halogens is 3. The van der Waals surface area contributed by atoms with Crippen molar-refractivity contribution in [1.29, 1.82) is 0 Å². The van der Waals surface area contributed by atoms with Crippen molar-refractivity contribution in [3.63, 3.8) is 0 Å². The van der Waals surface area contributed by atoms with Crippen molar-refractivity contribution in [2.24, 2.45) is 0 Å². The van der Waals surface area contributed by atoms with Crippen LogP contribution in [0.2, 0.25) is 0 Å². The molecule has 0 bridgehead atoms. The maximum absolute atomic E-state index is 12.3. The molecule has 76 valence electrons. The number of alkyl halides is 3. The van der Waals surface area contributed by atoms with Crippen LogP contribution in [-0.2, 0) is 12.6 Å². The molecule has 14 heavy (non-hydrogen) atoms. The third-order valence-electron chi connectivity index (χ3n) is 2.52. The molecule has 1 nitrogen and oxygen atoms in total. The van der Waals surface area contributed by atoms with E-state index in [2.05, 4.69) is 0 Å². The van der Waals surface area contributed by atoms with E-state index in [9.17, 15) is 18.3 Å². The summed E-state index contributed by atoms with van der Waals surface area (Å²) in [4.78, 5) is 0. The van der Waals surface area contributed by atoms with Crippen molar-refractivity contribution in [1.82, 2.24) is 0 Å². The molecule has 1 atom stereocenters. The molecule has 1 N–H and O–H groups in total. The van der Waals surface area contributed by atoms with Crippen molar-refractivity contribution >= 4 is 0 Å². The highest BCUT2D eigenvalue weighted by molar-refractivity contribution is 5.37. The Bertz CT molecular complexity index is 357. The maximum Gasteiger partial charge on any atom is 0.416 e. The summed E-state index contributed by atoms with van der Waals surface area (Å²) in [5.74, 6) is 0. The summed E-state index contributed by atoms with van der Waals surface area (Å²) in [7, 11) is 0. The third kappa shape index (κ3) is 1.50. The van der Waals surface area contributed by atoms with E-state index in [1.807, 2.05) is 0 Å².